The van der Waals surface area contributed by atoms with Crippen molar-refractivity contribution in [2.75, 3.05) is 23.7 Å². The van der Waals surface area contributed by atoms with E-state index in [1.807, 2.05) is 39.2 Å². The highest BCUT2D eigenvalue weighted by Gasteiger charge is 2.19. The first-order valence-corrected chi connectivity index (χ1v) is 10.4. The normalized spacial score (nSPS) is 11.6. The average molecular weight is 408 g/mol. The van der Waals surface area contributed by atoms with E-state index in [4.69, 9.17) is 0 Å². The fraction of sp³-hybridized carbons (Fsp3) is 0.150. The lowest BCUT2D eigenvalue weighted by atomic mass is 10.1. The molecule has 2 aromatic heterocycles. The molecule has 0 amide bonds. The van der Waals surface area contributed by atoms with Crippen molar-refractivity contribution in [3.8, 4) is 5.69 Å². The molecule has 29 heavy (non-hydrogen) atoms. The van der Waals surface area contributed by atoms with Crippen molar-refractivity contribution in [1.29, 1.82) is 0 Å². The Morgan fingerprint density at radius 2 is 1.86 bits per heavy atom. The number of nitrogens with zero attached hydrogens (tertiary/aromatic N) is 5. The van der Waals surface area contributed by atoms with Crippen molar-refractivity contribution in [2.24, 2.45) is 0 Å². The van der Waals surface area contributed by atoms with Gasteiger partial charge >= 0.3 is 0 Å². The zero-order chi connectivity index (χ0) is 20.6. The van der Waals surface area contributed by atoms with E-state index in [0.29, 0.717) is 22.8 Å². The lowest BCUT2D eigenvalue weighted by Gasteiger charge is -2.12. The van der Waals surface area contributed by atoms with Gasteiger partial charge in [0.2, 0.25) is 5.95 Å². The van der Waals surface area contributed by atoms with Gasteiger partial charge in [-0.3, -0.25) is 9.71 Å². The Morgan fingerprint density at radius 1 is 1.03 bits per heavy atom. The summed E-state index contributed by atoms with van der Waals surface area (Å²) in [5, 5.41) is 5.15. The van der Waals surface area contributed by atoms with E-state index < -0.39 is 10.0 Å². The zero-order valence-electron chi connectivity index (χ0n) is 16.2. The van der Waals surface area contributed by atoms with Crippen LogP contribution in [0.25, 0.3) is 16.6 Å². The van der Waals surface area contributed by atoms with Gasteiger partial charge in [0.05, 0.1) is 16.9 Å². The standard InChI is InChI=1S/C20H20N6O2S/c1-14-10-15-6-5-9-21-19(15)18(11-14)29(27,28)24-16-7-4-8-17(12-16)26-13-22-20(23-26)25(2)3/h4-13,24H,1-3H3. The van der Waals surface area contributed by atoms with Gasteiger partial charge in [-0.15, -0.1) is 5.10 Å². The highest BCUT2D eigenvalue weighted by molar-refractivity contribution is 7.93. The number of fused-ring (bicyclic) bond motifs is 1. The minimum atomic E-state index is -3.84. The van der Waals surface area contributed by atoms with Gasteiger partial charge in [0, 0.05) is 25.7 Å². The van der Waals surface area contributed by atoms with E-state index in [2.05, 4.69) is 19.8 Å². The number of pyridine rings is 1. The second-order valence-corrected chi connectivity index (χ2v) is 8.53. The van der Waals surface area contributed by atoms with Crippen LogP contribution < -0.4 is 9.62 Å². The molecule has 0 radical (unpaired) electrons. The first-order chi connectivity index (χ1) is 13.8. The van der Waals surface area contributed by atoms with Crippen molar-refractivity contribution in [1.82, 2.24) is 19.7 Å². The van der Waals surface area contributed by atoms with E-state index in [1.54, 1.807) is 52.4 Å². The topological polar surface area (TPSA) is 93.0 Å². The molecular formula is C20H20N6O2S. The Morgan fingerprint density at radius 3 is 2.62 bits per heavy atom. The van der Waals surface area contributed by atoms with Crippen LogP contribution in [0.15, 0.2) is 66.0 Å². The summed E-state index contributed by atoms with van der Waals surface area (Å²) in [5.41, 5.74) is 2.40. The maximum Gasteiger partial charge on any atom is 0.264 e. The molecule has 0 saturated carbocycles. The third-order valence-corrected chi connectivity index (χ3v) is 5.74. The van der Waals surface area contributed by atoms with Crippen LogP contribution in [0.4, 0.5) is 11.6 Å². The highest BCUT2D eigenvalue weighted by atomic mass is 32.2. The van der Waals surface area contributed by atoms with Crippen LogP contribution in [-0.4, -0.2) is 42.3 Å². The molecule has 148 valence electrons. The van der Waals surface area contributed by atoms with Crippen molar-refractivity contribution in [2.45, 2.75) is 11.8 Å². The summed E-state index contributed by atoms with van der Waals surface area (Å²) >= 11 is 0. The predicted molar refractivity (Wildman–Crippen MR) is 113 cm³/mol. The van der Waals surface area contributed by atoms with E-state index >= 15 is 0 Å². The Balaban J connectivity index is 1.71. The van der Waals surface area contributed by atoms with Gasteiger partial charge in [-0.05, 0) is 48.9 Å². The molecule has 0 aliphatic rings. The summed E-state index contributed by atoms with van der Waals surface area (Å²) in [6.45, 7) is 1.86. The van der Waals surface area contributed by atoms with E-state index in [9.17, 15) is 8.42 Å². The zero-order valence-corrected chi connectivity index (χ0v) is 17.1. The minimum Gasteiger partial charge on any atom is -0.346 e. The molecular weight excluding hydrogens is 388 g/mol. The minimum absolute atomic E-state index is 0.147. The predicted octanol–water partition coefficient (Wildman–Crippen LogP) is 2.99. The molecule has 0 saturated heterocycles. The molecule has 1 N–H and O–H groups in total. The fourth-order valence-corrected chi connectivity index (χ4v) is 4.33. The molecule has 8 nitrogen and oxygen atoms in total. The number of anilines is 2. The van der Waals surface area contributed by atoms with Crippen molar-refractivity contribution < 1.29 is 8.42 Å². The molecule has 0 atom stereocenters. The highest BCUT2D eigenvalue weighted by Crippen LogP contribution is 2.26. The van der Waals surface area contributed by atoms with Crippen LogP contribution in [0, 0.1) is 6.92 Å². The summed E-state index contributed by atoms with van der Waals surface area (Å²) < 4.78 is 30.5. The molecule has 0 bridgehead atoms. The third kappa shape index (κ3) is 3.77. The quantitative estimate of drug-likeness (QED) is 0.546. The summed E-state index contributed by atoms with van der Waals surface area (Å²) in [6.07, 6.45) is 3.17. The number of aromatic nitrogens is 4. The second kappa shape index (κ2) is 7.17. The fourth-order valence-electron chi connectivity index (χ4n) is 3.01. The Labute approximate surface area is 168 Å². The Kier molecular flexibility index (Phi) is 4.67. The lowest BCUT2D eigenvalue weighted by molar-refractivity contribution is 0.602. The number of hydrogen-bond donors (Lipinski definition) is 1. The monoisotopic (exact) mass is 408 g/mol. The molecule has 0 spiro atoms. The first-order valence-electron chi connectivity index (χ1n) is 8.91. The van der Waals surface area contributed by atoms with Gasteiger partial charge < -0.3 is 4.90 Å². The third-order valence-electron chi connectivity index (χ3n) is 4.35. The van der Waals surface area contributed by atoms with Crippen molar-refractivity contribution in [3.63, 3.8) is 0 Å². The average Bonchev–Trinajstić information content (AvgIpc) is 3.18. The second-order valence-electron chi connectivity index (χ2n) is 6.88. The van der Waals surface area contributed by atoms with Gasteiger partial charge in [-0.2, -0.15) is 4.98 Å². The lowest BCUT2D eigenvalue weighted by Crippen LogP contribution is -2.14. The molecule has 0 fully saturated rings. The maximum atomic E-state index is 13.1. The Bertz CT molecular complexity index is 1300. The van der Waals surface area contributed by atoms with Crippen LogP contribution in [0.3, 0.4) is 0 Å². The van der Waals surface area contributed by atoms with E-state index in [0.717, 1.165) is 10.9 Å². The number of nitrogens with one attached hydrogen (secondary N) is 1. The van der Waals surface area contributed by atoms with Crippen LogP contribution in [0.1, 0.15) is 5.56 Å². The molecule has 4 rings (SSSR count). The van der Waals surface area contributed by atoms with Gasteiger partial charge in [-0.1, -0.05) is 12.1 Å². The van der Waals surface area contributed by atoms with Crippen molar-refractivity contribution in [3.05, 3.63) is 66.6 Å². The smallest absolute Gasteiger partial charge is 0.264 e. The summed E-state index contributed by atoms with van der Waals surface area (Å²) in [6, 6.07) is 14.2. The summed E-state index contributed by atoms with van der Waals surface area (Å²) in [7, 11) is -0.132. The van der Waals surface area contributed by atoms with Crippen LogP contribution >= 0.6 is 0 Å². The summed E-state index contributed by atoms with van der Waals surface area (Å²) in [4.78, 5) is 10.4. The number of hydrogen-bond acceptors (Lipinski definition) is 6. The molecule has 0 aliphatic carbocycles. The molecule has 0 aliphatic heterocycles. The SMILES string of the molecule is Cc1cc(S(=O)(=O)Nc2cccc(-n3cnc(N(C)C)n3)c2)c2ncccc2c1. The number of rotatable bonds is 5. The van der Waals surface area contributed by atoms with E-state index in [1.165, 1.54) is 0 Å². The molecule has 2 heterocycles. The Hall–Kier alpha value is -3.46. The summed E-state index contributed by atoms with van der Waals surface area (Å²) in [5.74, 6) is 0.563. The molecule has 2 aromatic carbocycles. The van der Waals surface area contributed by atoms with Crippen molar-refractivity contribution >= 4 is 32.6 Å². The van der Waals surface area contributed by atoms with Crippen LogP contribution in [0.5, 0.6) is 0 Å². The van der Waals surface area contributed by atoms with E-state index in [-0.39, 0.29) is 4.90 Å². The molecule has 0 unspecified atom stereocenters. The van der Waals surface area contributed by atoms with Crippen LogP contribution in [0.2, 0.25) is 0 Å². The van der Waals surface area contributed by atoms with Gasteiger partial charge in [-0.25, -0.2) is 13.1 Å². The molecule has 9 heteroatoms. The van der Waals surface area contributed by atoms with Gasteiger partial charge in [0.25, 0.3) is 10.0 Å². The first kappa shape index (κ1) is 18.9. The van der Waals surface area contributed by atoms with Gasteiger partial charge in [0.15, 0.2) is 0 Å². The number of benzene rings is 2. The number of aryl methyl sites for hydroxylation is 1. The maximum absolute atomic E-state index is 13.1. The molecule has 4 aromatic rings. The van der Waals surface area contributed by atoms with Gasteiger partial charge in [0.1, 0.15) is 11.2 Å². The number of sulfonamides is 1. The largest absolute Gasteiger partial charge is 0.346 e. The van der Waals surface area contributed by atoms with Crippen LogP contribution in [-0.2, 0) is 10.0 Å².